The van der Waals surface area contributed by atoms with Crippen molar-refractivity contribution < 1.29 is 19.2 Å². The van der Waals surface area contributed by atoms with Crippen molar-refractivity contribution in [3.05, 3.63) is 58.6 Å². The minimum Gasteiger partial charge on any atom is -0.496 e. The van der Waals surface area contributed by atoms with Gasteiger partial charge in [0.2, 0.25) is 5.91 Å². The molecule has 0 bridgehead atoms. The van der Waals surface area contributed by atoms with Crippen LogP contribution in [0.15, 0.2) is 48.5 Å². The number of rotatable bonds is 7. The predicted octanol–water partition coefficient (Wildman–Crippen LogP) is 2.83. The number of carbonyl (C=O) groups is 2. The topological polar surface area (TPSA) is 126 Å². The highest BCUT2D eigenvalue weighted by Gasteiger charge is 2.23. The highest BCUT2D eigenvalue weighted by Crippen LogP contribution is 2.29. The lowest BCUT2D eigenvalue weighted by Crippen LogP contribution is -2.47. The van der Waals surface area contributed by atoms with Gasteiger partial charge >= 0.3 is 6.03 Å². The second-order valence-electron chi connectivity index (χ2n) is 7.20. The van der Waals surface area contributed by atoms with E-state index >= 15 is 0 Å². The van der Waals surface area contributed by atoms with Crippen LogP contribution in [0.1, 0.15) is 12.8 Å². The molecule has 31 heavy (non-hydrogen) atoms. The lowest BCUT2D eigenvalue weighted by Gasteiger charge is -2.31. The normalized spacial score (nSPS) is 14.5. The Morgan fingerprint density at radius 2 is 1.84 bits per heavy atom. The lowest BCUT2D eigenvalue weighted by molar-refractivity contribution is -0.384. The number of nitro groups is 1. The van der Waals surface area contributed by atoms with Crippen molar-refractivity contribution >= 4 is 29.0 Å². The smallest absolute Gasteiger partial charge is 0.319 e. The van der Waals surface area contributed by atoms with Crippen LogP contribution in [0.5, 0.6) is 5.75 Å². The number of piperidine rings is 1. The van der Waals surface area contributed by atoms with Gasteiger partial charge in [0.05, 0.1) is 24.6 Å². The summed E-state index contributed by atoms with van der Waals surface area (Å²) >= 11 is 0. The first kappa shape index (κ1) is 22.0. The highest BCUT2D eigenvalue weighted by molar-refractivity contribution is 5.94. The summed E-state index contributed by atoms with van der Waals surface area (Å²) in [6.07, 6.45) is 1.41. The number of carbonyl (C=O) groups excluding carboxylic acids is 2. The standard InChI is InChI=1S/C21H25N5O5/c1-31-17-7-8-18(19(13-17)26(29)30)24-20(27)14-25-11-9-16(10-12-25)23-21(28)22-15-5-3-2-4-6-15/h2-8,13,16H,9-12,14H2,1H3,(H,24,27)(H2,22,23,28). The van der Waals surface area contributed by atoms with Crippen LogP contribution in [0, 0.1) is 10.1 Å². The molecule has 1 heterocycles. The molecule has 2 aromatic carbocycles. The van der Waals surface area contributed by atoms with Crippen LogP contribution >= 0.6 is 0 Å². The fraction of sp³-hybridized carbons (Fsp3) is 0.333. The molecule has 1 aliphatic rings. The third kappa shape index (κ3) is 6.41. The van der Waals surface area contributed by atoms with Gasteiger partial charge in [-0.1, -0.05) is 18.2 Å². The third-order valence-electron chi connectivity index (χ3n) is 5.00. The van der Waals surface area contributed by atoms with Crippen LogP contribution in [-0.2, 0) is 4.79 Å². The van der Waals surface area contributed by atoms with Crippen molar-refractivity contribution in [1.82, 2.24) is 10.2 Å². The van der Waals surface area contributed by atoms with Crippen LogP contribution in [0.4, 0.5) is 21.9 Å². The van der Waals surface area contributed by atoms with Gasteiger partial charge in [0.25, 0.3) is 5.69 Å². The van der Waals surface area contributed by atoms with Gasteiger partial charge in [0, 0.05) is 24.8 Å². The van der Waals surface area contributed by atoms with E-state index in [1.54, 1.807) is 6.07 Å². The SMILES string of the molecule is COc1ccc(NC(=O)CN2CCC(NC(=O)Nc3ccccc3)CC2)c([N+](=O)[O-])c1. The molecule has 10 heteroatoms. The Kier molecular flexibility index (Phi) is 7.39. The molecular formula is C21H25N5O5. The fourth-order valence-electron chi connectivity index (χ4n) is 3.40. The average molecular weight is 427 g/mol. The number of nitrogens with one attached hydrogen (secondary N) is 3. The van der Waals surface area contributed by atoms with E-state index in [-0.39, 0.29) is 35.9 Å². The van der Waals surface area contributed by atoms with E-state index in [9.17, 15) is 19.7 Å². The maximum absolute atomic E-state index is 12.4. The number of hydrogen-bond acceptors (Lipinski definition) is 6. The first-order valence-electron chi connectivity index (χ1n) is 9.92. The van der Waals surface area contributed by atoms with Crippen molar-refractivity contribution in [2.45, 2.75) is 18.9 Å². The molecule has 10 nitrogen and oxygen atoms in total. The number of likely N-dealkylation sites (tertiary alicyclic amines) is 1. The molecule has 3 rings (SSSR count). The Balaban J connectivity index is 1.45. The number of anilines is 2. The van der Waals surface area contributed by atoms with E-state index in [0.717, 1.165) is 5.69 Å². The van der Waals surface area contributed by atoms with Gasteiger partial charge in [-0.2, -0.15) is 0 Å². The Labute approximate surface area is 179 Å². The second kappa shape index (κ2) is 10.4. The van der Waals surface area contributed by atoms with Crippen LogP contribution in [-0.4, -0.2) is 54.5 Å². The molecule has 0 saturated carbocycles. The number of urea groups is 1. The number of para-hydroxylation sites is 1. The van der Waals surface area contributed by atoms with E-state index in [4.69, 9.17) is 4.74 Å². The van der Waals surface area contributed by atoms with Gasteiger partial charge < -0.3 is 20.7 Å². The van der Waals surface area contributed by atoms with E-state index in [1.165, 1.54) is 19.2 Å². The Morgan fingerprint density at radius 3 is 2.48 bits per heavy atom. The zero-order valence-electron chi connectivity index (χ0n) is 17.2. The summed E-state index contributed by atoms with van der Waals surface area (Å²) in [5.74, 6) is 0.0112. The van der Waals surface area contributed by atoms with Crippen molar-refractivity contribution in [2.75, 3.05) is 37.4 Å². The quantitative estimate of drug-likeness (QED) is 0.461. The number of benzene rings is 2. The lowest BCUT2D eigenvalue weighted by atomic mass is 10.1. The minimum atomic E-state index is -0.560. The number of methoxy groups -OCH3 is 1. The molecule has 3 amide bonds. The van der Waals surface area contributed by atoms with Crippen LogP contribution < -0.4 is 20.7 Å². The van der Waals surface area contributed by atoms with Gasteiger partial charge in [0.1, 0.15) is 11.4 Å². The number of ether oxygens (including phenoxy) is 1. The molecule has 1 aliphatic heterocycles. The van der Waals surface area contributed by atoms with Crippen LogP contribution in [0.25, 0.3) is 0 Å². The molecule has 3 N–H and O–H groups in total. The molecule has 1 fully saturated rings. The monoisotopic (exact) mass is 427 g/mol. The number of hydrogen-bond donors (Lipinski definition) is 3. The summed E-state index contributed by atoms with van der Waals surface area (Å²) in [6.45, 7) is 1.38. The van der Waals surface area contributed by atoms with E-state index < -0.39 is 4.92 Å². The number of nitro benzene ring substituents is 1. The summed E-state index contributed by atoms with van der Waals surface area (Å²) in [4.78, 5) is 37.1. The van der Waals surface area contributed by atoms with E-state index in [2.05, 4.69) is 16.0 Å². The van der Waals surface area contributed by atoms with Crippen molar-refractivity contribution in [2.24, 2.45) is 0 Å². The largest absolute Gasteiger partial charge is 0.496 e. The average Bonchev–Trinajstić information content (AvgIpc) is 2.76. The molecule has 2 aromatic rings. The first-order valence-corrected chi connectivity index (χ1v) is 9.92. The second-order valence-corrected chi connectivity index (χ2v) is 7.20. The maximum Gasteiger partial charge on any atom is 0.319 e. The summed E-state index contributed by atoms with van der Waals surface area (Å²) in [5.41, 5.74) is 0.631. The van der Waals surface area contributed by atoms with Gasteiger partial charge in [-0.3, -0.25) is 19.8 Å². The first-order chi connectivity index (χ1) is 14.9. The Morgan fingerprint density at radius 1 is 1.13 bits per heavy atom. The maximum atomic E-state index is 12.4. The molecule has 1 saturated heterocycles. The van der Waals surface area contributed by atoms with E-state index in [1.807, 2.05) is 35.2 Å². The van der Waals surface area contributed by atoms with Gasteiger partial charge in [-0.15, -0.1) is 0 Å². The number of nitrogens with zero attached hydrogens (tertiary/aromatic N) is 2. The van der Waals surface area contributed by atoms with Crippen LogP contribution in [0.2, 0.25) is 0 Å². The molecular weight excluding hydrogens is 402 g/mol. The molecule has 0 atom stereocenters. The zero-order valence-corrected chi connectivity index (χ0v) is 17.2. The van der Waals surface area contributed by atoms with Gasteiger partial charge in [0.15, 0.2) is 0 Å². The zero-order chi connectivity index (χ0) is 22.2. The molecule has 164 valence electrons. The highest BCUT2D eigenvalue weighted by atomic mass is 16.6. The van der Waals surface area contributed by atoms with Crippen LogP contribution in [0.3, 0.4) is 0 Å². The third-order valence-corrected chi connectivity index (χ3v) is 5.00. The summed E-state index contributed by atoms with van der Waals surface area (Å²) in [6, 6.07) is 13.2. The summed E-state index contributed by atoms with van der Waals surface area (Å²) in [7, 11) is 1.42. The summed E-state index contributed by atoms with van der Waals surface area (Å²) in [5, 5.41) is 19.6. The van der Waals surface area contributed by atoms with Crippen molar-refractivity contribution in [3.8, 4) is 5.75 Å². The number of amides is 3. The van der Waals surface area contributed by atoms with Gasteiger partial charge in [-0.25, -0.2) is 4.79 Å². The van der Waals surface area contributed by atoms with Gasteiger partial charge in [-0.05, 0) is 37.1 Å². The molecule has 0 aliphatic carbocycles. The molecule has 0 aromatic heterocycles. The molecule has 0 spiro atoms. The Hall–Kier alpha value is -3.66. The summed E-state index contributed by atoms with van der Waals surface area (Å²) < 4.78 is 5.00. The Bertz CT molecular complexity index is 929. The fourth-order valence-corrected chi connectivity index (χ4v) is 3.40. The van der Waals surface area contributed by atoms with Crippen molar-refractivity contribution in [1.29, 1.82) is 0 Å². The predicted molar refractivity (Wildman–Crippen MR) is 116 cm³/mol. The van der Waals surface area contributed by atoms with Crippen molar-refractivity contribution in [3.63, 3.8) is 0 Å². The minimum absolute atomic E-state index is 0.0192. The van der Waals surface area contributed by atoms with E-state index in [0.29, 0.717) is 31.7 Å². The molecule has 0 radical (unpaired) electrons. The molecule has 0 unspecified atom stereocenters.